The first-order chi connectivity index (χ1) is 15.1. The van der Waals surface area contributed by atoms with Crippen molar-refractivity contribution in [2.45, 2.75) is 12.5 Å². The molecule has 1 heterocycles. The quantitative estimate of drug-likeness (QED) is 0.643. The molecule has 0 saturated carbocycles. The number of anilines is 1. The van der Waals surface area contributed by atoms with Crippen molar-refractivity contribution in [3.8, 4) is 11.5 Å². The molecule has 4 rings (SSSR count). The van der Waals surface area contributed by atoms with Crippen molar-refractivity contribution in [2.24, 2.45) is 0 Å². The average Bonchev–Trinajstić information content (AvgIpc) is 2.80. The van der Waals surface area contributed by atoms with Gasteiger partial charge in [-0.2, -0.15) is 0 Å². The predicted molar refractivity (Wildman–Crippen MR) is 117 cm³/mol. The molecule has 0 aromatic heterocycles. The minimum Gasteiger partial charge on any atom is -0.493 e. The van der Waals surface area contributed by atoms with Gasteiger partial charge in [0.2, 0.25) is 0 Å². The summed E-state index contributed by atoms with van der Waals surface area (Å²) in [7, 11) is 3.25. The number of halogens is 1. The van der Waals surface area contributed by atoms with E-state index in [2.05, 4.69) is 17.4 Å². The summed E-state index contributed by atoms with van der Waals surface area (Å²) in [6.45, 7) is 0.994. The summed E-state index contributed by atoms with van der Waals surface area (Å²) in [5, 5.41) is 2.71. The lowest BCUT2D eigenvalue weighted by atomic mass is 9.87. The van der Waals surface area contributed by atoms with E-state index in [0.29, 0.717) is 11.5 Å². The zero-order valence-corrected chi connectivity index (χ0v) is 17.7. The molecule has 1 unspecified atom stereocenters. The fourth-order valence-electron chi connectivity index (χ4n) is 4.30. The highest BCUT2D eigenvalue weighted by molar-refractivity contribution is 5.91. The van der Waals surface area contributed by atoms with E-state index in [4.69, 9.17) is 9.47 Å². The Bertz CT molecular complexity index is 1070. The maximum atomic E-state index is 14.0. The van der Waals surface area contributed by atoms with Crippen molar-refractivity contribution in [2.75, 3.05) is 32.6 Å². The molecule has 2 N–H and O–H groups in total. The largest absolute Gasteiger partial charge is 0.493 e. The molecule has 0 fully saturated rings. The lowest BCUT2D eigenvalue weighted by Gasteiger charge is -2.34. The van der Waals surface area contributed by atoms with Gasteiger partial charge in [0.05, 0.1) is 26.5 Å². The van der Waals surface area contributed by atoms with Crippen molar-refractivity contribution in [3.63, 3.8) is 0 Å². The molecule has 3 aromatic rings. The van der Waals surface area contributed by atoms with Crippen molar-refractivity contribution in [1.82, 2.24) is 0 Å². The number of carbonyl (C=O) groups excluding carboxylic acids is 1. The molecule has 0 aliphatic carbocycles. The molecule has 0 saturated heterocycles. The fourth-order valence-corrected chi connectivity index (χ4v) is 4.30. The third-order valence-corrected chi connectivity index (χ3v) is 5.75. The Morgan fingerprint density at radius 2 is 1.71 bits per heavy atom. The van der Waals surface area contributed by atoms with Gasteiger partial charge in [0.25, 0.3) is 5.91 Å². The van der Waals surface area contributed by atoms with E-state index >= 15 is 0 Å². The van der Waals surface area contributed by atoms with Gasteiger partial charge in [-0.05, 0) is 29.8 Å². The van der Waals surface area contributed by atoms with Gasteiger partial charge in [0.1, 0.15) is 11.9 Å². The zero-order chi connectivity index (χ0) is 21.8. The predicted octanol–water partition coefficient (Wildman–Crippen LogP) is 3.01. The van der Waals surface area contributed by atoms with Crippen LogP contribution in [0, 0.1) is 5.82 Å². The van der Waals surface area contributed by atoms with Gasteiger partial charge in [-0.3, -0.25) is 4.79 Å². The number of hydrogen-bond donors (Lipinski definition) is 2. The molecule has 1 aliphatic heterocycles. The van der Waals surface area contributed by atoms with Gasteiger partial charge in [-0.1, -0.05) is 42.5 Å². The molecular formula is C25H26FN2O3+. The van der Waals surface area contributed by atoms with Crippen LogP contribution >= 0.6 is 0 Å². The summed E-state index contributed by atoms with van der Waals surface area (Å²) < 4.78 is 25.0. The summed E-state index contributed by atoms with van der Waals surface area (Å²) >= 11 is 0. The maximum absolute atomic E-state index is 14.0. The Kier molecular flexibility index (Phi) is 6.18. The summed E-state index contributed by atoms with van der Waals surface area (Å²) in [5.74, 6) is 0.712. The average molecular weight is 421 g/mol. The molecule has 31 heavy (non-hydrogen) atoms. The van der Waals surface area contributed by atoms with Crippen LogP contribution in [0.3, 0.4) is 0 Å². The van der Waals surface area contributed by atoms with E-state index in [1.54, 1.807) is 32.4 Å². The van der Waals surface area contributed by atoms with Crippen LogP contribution in [0.2, 0.25) is 0 Å². The normalized spacial score (nSPS) is 17.5. The van der Waals surface area contributed by atoms with Gasteiger partial charge in [0.15, 0.2) is 18.0 Å². The van der Waals surface area contributed by atoms with E-state index in [0.717, 1.165) is 29.0 Å². The van der Waals surface area contributed by atoms with E-state index in [1.807, 2.05) is 30.3 Å². The number of amides is 1. The first kappa shape index (κ1) is 20.9. The van der Waals surface area contributed by atoms with Crippen LogP contribution in [0.15, 0.2) is 66.7 Å². The Hall–Kier alpha value is -3.38. The van der Waals surface area contributed by atoms with E-state index < -0.39 is 5.82 Å². The minimum absolute atomic E-state index is 0.0453. The summed E-state index contributed by atoms with van der Waals surface area (Å²) in [6.07, 6.45) is 0.807. The number of para-hydroxylation sites is 1. The van der Waals surface area contributed by atoms with Crippen LogP contribution in [-0.4, -0.2) is 33.2 Å². The van der Waals surface area contributed by atoms with Crippen molar-refractivity contribution >= 4 is 11.6 Å². The highest BCUT2D eigenvalue weighted by Crippen LogP contribution is 2.36. The molecule has 1 amide bonds. The van der Waals surface area contributed by atoms with E-state index in [1.165, 1.54) is 11.6 Å². The standard InChI is InChI=1S/C25H25FN2O3/c1-30-22-14-18-12-13-28(16-24(29)27-21-11-7-6-10-20(21)26)25(17-8-4-3-5-9-17)19(18)15-23(22)31-2/h3-11,14-15,25H,12-13,16H2,1-2H3,(H,27,29)/p+1/t25-/m0/s1. The van der Waals surface area contributed by atoms with Gasteiger partial charge in [0, 0.05) is 17.5 Å². The van der Waals surface area contributed by atoms with E-state index in [9.17, 15) is 9.18 Å². The monoisotopic (exact) mass is 421 g/mol. The molecule has 3 aromatic carbocycles. The lowest BCUT2D eigenvalue weighted by molar-refractivity contribution is -0.919. The van der Waals surface area contributed by atoms with Gasteiger partial charge in [-0.15, -0.1) is 0 Å². The van der Waals surface area contributed by atoms with Crippen LogP contribution < -0.4 is 19.7 Å². The number of rotatable bonds is 6. The third-order valence-electron chi connectivity index (χ3n) is 5.75. The van der Waals surface area contributed by atoms with Crippen molar-refractivity contribution in [1.29, 1.82) is 0 Å². The smallest absolute Gasteiger partial charge is 0.279 e. The first-order valence-electron chi connectivity index (χ1n) is 10.3. The molecule has 5 nitrogen and oxygen atoms in total. The number of benzene rings is 3. The minimum atomic E-state index is -0.439. The lowest BCUT2D eigenvalue weighted by Crippen LogP contribution is -3.14. The fraction of sp³-hybridized carbons (Fsp3) is 0.240. The number of fused-ring (bicyclic) bond motifs is 1. The zero-order valence-electron chi connectivity index (χ0n) is 17.7. The van der Waals surface area contributed by atoms with Gasteiger partial charge >= 0.3 is 0 Å². The number of hydrogen-bond acceptors (Lipinski definition) is 3. The van der Waals surface area contributed by atoms with Crippen LogP contribution in [-0.2, 0) is 11.2 Å². The highest BCUT2D eigenvalue weighted by atomic mass is 19.1. The molecule has 0 spiro atoms. The Labute approximate surface area is 181 Å². The summed E-state index contributed by atoms with van der Waals surface area (Å²) in [4.78, 5) is 13.9. The van der Waals surface area contributed by atoms with Gasteiger partial charge < -0.3 is 19.7 Å². The van der Waals surface area contributed by atoms with Crippen LogP contribution in [0.5, 0.6) is 11.5 Å². The second-order valence-electron chi connectivity index (χ2n) is 7.61. The van der Waals surface area contributed by atoms with Crippen molar-refractivity contribution in [3.05, 3.63) is 89.2 Å². The third kappa shape index (κ3) is 4.39. The Morgan fingerprint density at radius 1 is 1.03 bits per heavy atom. The topological polar surface area (TPSA) is 52.0 Å². The SMILES string of the molecule is COc1cc2c(cc1OC)[C@H](c1ccccc1)[NH+](CC(=O)Nc1ccccc1F)CC2. The van der Waals surface area contributed by atoms with Crippen LogP contribution in [0.25, 0.3) is 0 Å². The maximum Gasteiger partial charge on any atom is 0.279 e. The molecule has 2 atom stereocenters. The number of ether oxygens (including phenoxy) is 2. The Morgan fingerprint density at radius 3 is 2.42 bits per heavy atom. The molecule has 0 bridgehead atoms. The molecule has 160 valence electrons. The second-order valence-corrected chi connectivity index (χ2v) is 7.61. The van der Waals surface area contributed by atoms with Crippen LogP contribution in [0.1, 0.15) is 22.7 Å². The summed E-state index contributed by atoms with van der Waals surface area (Å²) in [5.41, 5.74) is 3.62. The number of nitrogens with one attached hydrogen (secondary N) is 2. The first-order valence-corrected chi connectivity index (χ1v) is 10.3. The Balaban J connectivity index is 1.66. The van der Waals surface area contributed by atoms with Gasteiger partial charge in [-0.25, -0.2) is 4.39 Å². The van der Waals surface area contributed by atoms with Crippen molar-refractivity contribution < 1.29 is 23.6 Å². The van der Waals surface area contributed by atoms with E-state index in [-0.39, 0.29) is 24.2 Å². The highest BCUT2D eigenvalue weighted by Gasteiger charge is 2.35. The molecule has 1 aliphatic rings. The molecule has 0 radical (unpaired) electrons. The molecule has 6 heteroatoms. The summed E-state index contributed by atoms with van der Waals surface area (Å²) in [6, 6.07) is 20.3. The molecular weight excluding hydrogens is 395 g/mol. The number of carbonyl (C=O) groups is 1. The number of quaternary nitrogens is 1. The second kappa shape index (κ2) is 9.18. The number of methoxy groups -OCH3 is 2. The van der Waals surface area contributed by atoms with Crippen LogP contribution in [0.4, 0.5) is 10.1 Å².